The van der Waals surface area contributed by atoms with E-state index in [9.17, 15) is 9.59 Å². The average Bonchev–Trinajstić information content (AvgIpc) is 2.79. The highest BCUT2D eigenvalue weighted by Gasteiger charge is 2.20. The Morgan fingerprint density at radius 2 is 2.09 bits per heavy atom. The van der Waals surface area contributed by atoms with Crippen LogP contribution in [0.25, 0.3) is 11.0 Å². The zero-order valence-corrected chi connectivity index (χ0v) is 12.9. The maximum atomic E-state index is 12.2. The minimum atomic E-state index is -0.992. The van der Waals surface area contributed by atoms with E-state index in [0.717, 1.165) is 29.7 Å². The van der Waals surface area contributed by atoms with E-state index in [-0.39, 0.29) is 12.5 Å². The molecule has 118 valence electrons. The number of aliphatic carboxylic acids is 1. The number of aromatic nitrogens is 2. The van der Waals surface area contributed by atoms with E-state index in [2.05, 4.69) is 10.3 Å². The van der Waals surface area contributed by atoms with Gasteiger partial charge in [-0.15, -0.1) is 0 Å². The van der Waals surface area contributed by atoms with Crippen LogP contribution >= 0.6 is 0 Å². The van der Waals surface area contributed by atoms with Crippen LogP contribution in [0.5, 0.6) is 0 Å². The van der Waals surface area contributed by atoms with Gasteiger partial charge in [-0.3, -0.25) is 4.79 Å². The molecule has 0 fully saturated rings. The predicted molar refractivity (Wildman–Crippen MR) is 83.6 cm³/mol. The number of carboxylic acids is 1. The highest BCUT2D eigenvalue weighted by atomic mass is 16.4. The first-order valence-corrected chi connectivity index (χ1v) is 7.47. The van der Waals surface area contributed by atoms with Crippen molar-refractivity contribution in [3.8, 4) is 0 Å². The summed E-state index contributed by atoms with van der Waals surface area (Å²) in [5, 5.41) is 11.8. The number of para-hydroxylation sites is 2. The van der Waals surface area contributed by atoms with E-state index in [4.69, 9.17) is 5.11 Å². The van der Waals surface area contributed by atoms with Gasteiger partial charge in [0.25, 0.3) is 0 Å². The normalized spacial score (nSPS) is 12.3. The number of carboxylic acid groups (broad SMARTS) is 1. The van der Waals surface area contributed by atoms with Crippen LogP contribution in [-0.4, -0.2) is 32.6 Å². The van der Waals surface area contributed by atoms with Crippen molar-refractivity contribution in [3.05, 3.63) is 30.1 Å². The lowest BCUT2D eigenvalue weighted by Crippen LogP contribution is -2.42. The monoisotopic (exact) mass is 303 g/mol. The first-order chi connectivity index (χ1) is 10.5. The molecule has 0 spiro atoms. The summed E-state index contributed by atoms with van der Waals surface area (Å²) in [5.74, 6) is -0.569. The van der Waals surface area contributed by atoms with Crippen molar-refractivity contribution >= 4 is 22.9 Å². The quantitative estimate of drug-likeness (QED) is 0.820. The molecule has 6 heteroatoms. The van der Waals surface area contributed by atoms with E-state index in [1.165, 1.54) is 0 Å². The second kappa shape index (κ2) is 7.06. The van der Waals surface area contributed by atoms with Crippen molar-refractivity contribution in [1.82, 2.24) is 14.9 Å². The van der Waals surface area contributed by atoms with E-state index in [0.29, 0.717) is 6.42 Å². The van der Waals surface area contributed by atoms with Crippen molar-refractivity contribution in [2.75, 3.05) is 0 Å². The Kier molecular flexibility index (Phi) is 5.14. The van der Waals surface area contributed by atoms with Crippen molar-refractivity contribution in [3.63, 3.8) is 0 Å². The molecule has 1 atom stereocenters. The number of aryl methyl sites for hydroxylation is 1. The largest absolute Gasteiger partial charge is 0.480 e. The number of fused-ring (bicyclic) bond motifs is 1. The van der Waals surface area contributed by atoms with Gasteiger partial charge in [0, 0.05) is 0 Å². The maximum absolute atomic E-state index is 12.2. The number of nitrogens with zero attached hydrogens (tertiary/aromatic N) is 2. The van der Waals surface area contributed by atoms with Gasteiger partial charge in [0.15, 0.2) is 0 Å². The molecule has 0 radical (unpaired) electrons. The Hall–Kier alpha value is -2.37. The number of carbonyl (C=O) groups excluding carboxylic acids is 1. The third-order valence-electron chi connectivity index (χ3n) is 3.63. The van der Waals surface area contributed by atoms with Gasteiger partial charge in [0.1, 0.15) is 18.4 Å². The summed E-state index contributed by atoms with van der Waals surface area (Å²) in [5.41, 5.74) is 1.70. The summed E-state index contributed by atoms with van der Waals surface area (Å²) in [7, 11) is 0. The standard InChI is InChI=1S/C16H21N3O3/c1-3-4-7-13(16(21)22)18-15(20)10-19-11(2)17-12-8-5-6-9-14(12)19/h5-6,8-9,13H,3-4,7,10H2,1-2H3,(H,18,20)(H,21,22)/t13-/m0/s1. The lowest BCUT2D eigenvalue weighted by atomic mass is 10.1. The first-order valence-electron chi connectivity index (χ1n) is 7.47. The lowest BCUT2D eigenvalue weighted by Gasteiger charge is -2.15. The van der Waals surface area contributed by atoms with Crippen LogP contribution in [0.4, 0.5) is 0 Å². The molecule has 0 aliphatic rings. The van der Waals surface area contributed by atoms with E-state index >= 15 is 0 Å². The minimum absolute atomic E-state index is 0.0717. The summed E-state index contributed by atoms with van der Waals surface area (Å²) in [4.78, 5) is 27.7. The highest BCUT2D eigenvalue weighted by Crippen LogP contribution is 2.15. The Morgan fingerprint density at radius 1 is 1.36 bits per heavy atom. The number of nitrogens with one attached hydrogen (secondary N) is 1. The molecule has 0 unspecified atom stereocenters. The number of benzene rings is 1. The second-order valence-corrected chi connectivity index (χ2v) is 5.33. The molecular weight excluding hydrogens is 282 g/mol. The number of hydrogen-bond acceptors (Lipinski definition) is 3. The maximum Gasteiger partial charge on any atom is 0.326 e. The van der Waals surface area contributed by atoms with Crippen molar-refractivity contribution in [1.29, 1.82) is 0 Å². The number of unbranched alkanes of at least 4 members (excludes halogenated alkanes) is 1. The number of hydrogen-bond donors (Lipinski definition) is 2. The molecule has 0 bridgehead atoms. The van der Waals surface area contributed by atoms with Gasteiger partial charge in [0.2, 0.25) is 5.91 Å². The van der Waals surface area contributed by atoms with Gasteiger partial charge >= 0.3 is 5.97 Å². The molecule has 0 aliphatic heterocycles. The number of amides is 1. The second-order valence-electron chi connectivity index (χ2n) is 5.33. The van der Waals surface area contributed by atoms with Crippen LogP contribution in [0, 0.1) is 6.92 Å². The van der Waals surface area contributed by atoms with Crippen LogP contribution in [0.2, 0.25) is 0 Å². The first kappa shape index (κ1) is 16.0. The highest BCUT2D eigenvalue weighted by molar-refractivity contribution is 5.85. The molecular formula is C16H21N3O3. The minimum Gasteiger partial charge on any atom is -0.480 e. The Balaban J connectivity index is 2.10. The molecule has 1 amide bonds. The summed E-state index contributed by atoms with van der Waals surface area (Å²) in [6.45, 7) is 3.89. The topological polar surface area (TPSA) is 84.2 Å². The zero-order valence-electron chi connectivity index (χ0n) is 12.9. The average molecular weight is 303 g/mol. The Bertz CT molecular complexity index is 678. The third kappa shape index (κ3) is 3.63. The van der Waals surface area contributed by atoms with E-state index < -0.39 is 12.0 Å². The Labute approximate surface area is 129 Å². The van der Waals surface area contributed by atoms with Gasteiger partial charge in [0.05, 0.1) is 11.0 Å². The lowest BCUT2D eigenvalue weighted by molar-refractivity contribution is -0.142. The summed E-state index contributed by atoms with van der Waals surface area (Å²) < 4.78 is 1.80. The van der Waals surface area contributed by atoms with Gasteiger partial charge in [-0.1, -0.05) is 31.9 Å². The predicted octanol–water partition coefficient (Wildman–Crippen LogP) is 2.10. The molecule has 2 N–H and O–H groups in total. The molecule has 2 aromatic rings. The molecule has 1 aromatic heterocycles. The Morgan fingerprint density at radius 3 is 2.77 bits per heavy atom. The number of carbonyl (C=O) groups is 2. The number of imidazole rings is 1. The fourth-order valence-corrected chi connectivity index (χ4v) is 2.44. The van der Waals surface area contributed by atoms with Crippen LogP contribution in [-0.2, 0) is 16.1 Å². The van der Waals surface area contributed by atoms with Crippen LogP contribution in [0.3, 0.4) is 0 Å². The molecule has 1 heterocycles. The van der Waals surface area contributed by atoms with Crippen molar-refractivity contribution < 1.29 is 14.7 Å². The van der Waals surface area contributed by atoms with Gasteiger partial charge < -0.3 is 15.0 Å². The molecule has 2 rings (SSSR count). The van der Waals surface area contributed by atoms with Crippen molar-refractivity contribution in [2.45, 2.75) is 45.7 Å². The SMILES string of the molecule is CCCC[C@H](NC(=O)Cn1c(C)nc2ccccc21)C(=O)O. The molecule has 1 aromatic carbocycles. The molecule has 6 nitrogen and oxygen atoms in total. The molecule has 0 aliphatic carbocycles. The fraction of sp³-hybridized carbons (Fsp3) is 0.438. The van der Waals surface area contributed by atoms with Crippen LogP contribution < -0.4 is 5.32 Å². The third-order valence-corrected chi connectivity index (χ3v) is 3.63. The number of rotatable bonds is 7. The van der Waals surface area contributed by atoms with Crippen LogP contribution in [0.15, 0.2) is 24.3 Å². The van der Waals surface area contributed by atoms with Crippen molar-refractivity contribution in [2.24, 2.45) is 0 Å². The van der Waals surface area contributed by atoms with Crippen LogP contribution in [0.1, 0.15) is 32.0 Å². The fourth-order valence-electron chi connectivity index (χ4n) is 2.44. The van der Waals surface area contributed by atoms with Gasteiger partial charge in [-0.25, -0.2) is 9.78 Å². The molecule has 0 saturated carbocycles. The summed E-state index contributed by atoms with van der Waals surface area (Å²) in [6.07, 6.45) is 2.11. The van der Waals surface area contributed by atoms with E-state index in [1.807, 2.05) is 38.1 Å². The molecule has 22 heavy (non-hydrogen) atoms. The zero-order chi connectivity index (χ0) is 16.1. The summed E-state index contributed by atoms with van der Waals surface area (Å²) >= 11 is 0. The van der Waals surface area contributed by atoms with Gasteiger partial charge in [-0.2, -0.15) is 0 Å². The molecule has 0 saturated heterocycles. The smallest absolute Gasteiger partial charge is 0.326 e. The van der Waals surface area contributed by atoms with E-state index in [1.54, 1.807) is 4.57 Å². The summed E-state index contributed by atoms with van der Waals surface area (Å²) in [6, 6.07) is 6.73. The van der Waals surface area contributed by atoms with Gasteiger partial charge in [-0.05, 0) is 25.5 Å².